The third kappa shape index (κ3) is 4.44. The first-order valence-corrected chi connectivity index (χ1v) is 7.59. The molecule has 0 spiro atoms. The number of rotatable bonds is 7. The van der Waals surface area contributed by atoms with Crippen LogP contribution in [0.2, 0.25) is 0 Å². The summed E-state index contributed by atoms with van der Waals surface area (Å²) in [6, 6.07) is 0. The minimum atomic E-state index is 0.598. The SMILES string of the molecule is CCCCCN(C)CC1(CBr)CCCC1. The van der Waals surface area contributed by atoms with Gasteiger partial charge in [-0.1, -0.05) is 48.5 Å². The van der Waals surface area contributed by atoms with E-state index >= 15 is 0 Å². The molecule has 0 bridgehead atoms. The molecule has 0 N–H and O–H groups in total. The Balaban J connectivity index is 2.25. The van der Waals surface area contributed by atoms with Gasteiger partial charge in [0.15, 0.2) is 0 Å². The summed E-state index contributed by atoms with van der Waals surface area (Å²) < 4.78 is 0. The Morgan fingerprint density at radius 3 is 2.40 bits per heavy atom. The number of unbranched alkanes of at least 4 members (excludes halogenated alkanes) is 2. The second-order valence-corrected chi connectivity index (χ2v) is 5.85. The highest BCUT2D eigenvalue weighted by atomic mass is 79.9. The molecular formula is C13H26BrN. The minimum Gasteiger partial charge on any atom is -0.306 e. The molecule has 0 radical (unpaired) electrons. The zero-order valence-electron chi connectivity index (χ0n) is 10.4. The van der Waals surface area contributed by atoms with Gasteiger partial charge in [-0.05, 0) is 38.3 Å². The Bertz CT molecular complexity index is 164. The third-order valence-corrected chi connectivity index (χ3v) is 4.89. The Hall–Kier alpha value is 0.440. The van der Waals surface area contributed by atoms with Crippen LogP contribution in [0.1, 0.15) is 51.9 Å². The molecule has 1 fully saturated rings. The van der Waals surface area contributed by atoms with E-state index < -0.39 is 0 Å². The van der Waals surface area contributed by atoms with Crippen molar-refractivity contribution in [2.45, 2.75) is 51.9 Å². The van der Waals surface area contributed by atoms with E-state index in [1.54, 1.807) is 0 Å². The fraction of sp³-hybridized carbons (Fsp3) is 1.00. The molecular weight excluding hydrogens is 250 g/mol. The van der Waals surface area contributed by atoms with E-state index in [4.69, 9.17) is 0 Å². The van der Waals surface area contributed by atoms with Gasteiger partial charge in [0, 0.05) is 11.9 Å². The van der Waals surface area contributed by atoms with Gasteiger partial charge >= 0.3 is 0 Å². The van der Waals surface area contributed by atoms with Gasteiger partial charge in [0.25, 0.3) is 0 Å². The van der Waals surface area contributed by atoms with E-state index in [2.05, 4.69) is 34.8 Å². The number of hydrogen-bond acceptors (Lipinski definition) is 1. The lowest BCUT2D eigenvalue weighted by atomic mass is 9.88. The molecule has 0 aliphatic heterocycles. The van der Waals surface area contributed by atoms with Crippen molar-refractivity contribution in [2.24, 2.45) is 5.41 Å². The lowest BCUT2D eigenvalue weighted by molar-refractivity contribution is 0.200. The van der Waals surface area contributed by atoms with Crippen LogP contribution in [-0.2, 0) is 0 Å². The van der Waals surface area contributed by atoms with Crippen LogP contribution in [0.25, 0.3) is 0 Å². The Morgan fingerprint density at radius 1 is 1.20 bits per heavy atom. The second kappa shape index (κ2) is 6.90. The maximum Gasteiger partial charge on any atom is 0.0100 e. The predicted octanol–water partition coefficient (Wildman–Crippen LogP) is 4.06. The summed E-state index contributed by atoms with van der Waals surface area (Å²) in [5, 5.41) is 1.19. The maximum absolute atomic E-state index is 3.72. The van der Waals surface area contributed by atoms with Crippen molar-refractivity contribution in [3.63, 3.8) is 0 Å². The molecule has 1 rings (SSSR count). The highest BCUT2D eigenvalue weighted by molar-refractivity contribution is 9.09. The third-order valence-electron chi connectivity index (χ3n) is 3.70. The summed E-state index contributed by atoms with van der Waals surface area (Å²) in [6.45, 7) is 4.85. The van der Waals surface area contributed by atoms with Gasteiger partial charge in [-0.2, -0.15) is 0 Å². The van der Waals surface area contributed by atoms with Crippen LogP contribution in [0.5, 0.6) is 0 Å². The molecule has 0 saturated heterocycles. The standard InChI is InChI=1S/C13H26BrN/c1-3-4-7-10-15(2)12-13(11-14)8-5-6-9-13/h3-12H2,1-2H3. The summed E-state index contributed by atoms with van der Waals surface area (Å²) >= 11 is 3.72. The number of halogens is 1. The summed E-state index contributed by atoms with van der Waals surface area (Å²) in [7, 11) is 2.29. The topological polar surface area (TPSA) is 3.24 Å². The van der Waals surface area contributed by atoms with Crippen molar-refractivity contribution in [3.05, 3.63) is 0 Å². The molecule has 0 unspecified atom stereocenters. The average Bonchev–Trinajstić information content (AvgIpc) is 2.67. The smallest absolute Gasteiger partial charge is 0.0100 e. The monoisotopic (exact) mass is 275 g/mol. The summed E-state index contributed by atoms with van der Waals surface area (Å²) in [5.41, 5.74) is 0.598. The largest absolute Gasteiger partial charge is 0.306 e. The molecule has 0 aromatic rings. The molecule has 0 aromatic carbocycles. The number of nitrogens with zero attached hydrogens (tertiary/aromatic N) is 1. The second-order valence-electron chi connectivity index (χ2n) is 5.29. The van der Waals surface area contributed by atoms with Gasteiger partial charge in [0.05, 0.1) is 0 Å². The number of alkyl halides is 1. The zero-order chi connectivity index (χ0) is 11.1. The molecule has 0 heterocycles. The van der Waals surface area contributed by atoms with Crippen LogP contribution >= 0.6 is 15.9 Å². The first-order chi connectivity index (χ1) is 7.22. The lowest BCUT2D eigenvalue weighted by Crippen LogP contribution is -2.35. The molecule has 1 aliphatic carbocycles. The maximum atomic E-state index is 3.72. The van der Waals surface area contributed by atoms with E-state index in [-0.39, 0.29) is 0 Å². The van der Waals surface area contributed by atoms with Gasteiger partial charge in [0.1, 0.15) is 0 Å². The molecule has 15 heavy (non-hydrogen) atoms. The van der Waals surface area contributed by atoms with E-state index in [1.807, 2.05) is 0 Å². The molecule has 1 aliphatic rings. The van der Waals surface area contributed by atoms with Crippen molar-refractivity contribution in [3.8, 4) is 0 Å². The van der Waals surface area contributed by atoms with Crippen LogP contribution in [0.15, 0.2) is 0 Å². The van der Waals surface area contributed by atoms with Gasteiger partial charge < -0.3 is 4.90 Å². The predicted molar refractivity (Wildman–Crippen MR) is 71.7 cm³/mol. The van der Waals surface area contributed by atoms with E-state index in [9.17, 15) is 0 Å². The first-order valence-electron chi connectivity index (χ1n) is 6.47. The van der Waals surface area contributed by atoms with Crippen molar-refractivity contribution in [1.29, 1.82) is 0 Å². The quantitative estimate of drug-likeness (QED) is 0.500. The number of hydrogen-bond donors (Lipinski definition) is 0. The molecule has 1 saturated carbocycles. The van der Waals surface area contributed by atoms with Gasteiger partial charge in [-0.15, -0.1) is 0 Å². The summed E-state index contributed by atoms with van der Waals surface area (Å²) in [6.07, 6.45) is 9.81. The van der Waals surface area contributed by atoms with Crippen molar-refractivity contribution in [2.75, 3.05) is 25.5 Å². The van der Waals surface area contributed by atoms with E-state index in [1.165, 1.54) is 63.4 Å². The van der Waals surface area contributed by atoms with Gasteiger partial charge in [0.2, 0.25) is 0 Å². The van der Waals surface area contributed by atoms with Crippen LogP contribution in [-0.4, -0.2) is 30.4 Å². The van der Waals surface area contributed by atoms with Crippen LogP contribution < -0.4 is 0 Å². The van der Waals surface area contributed by atoms with E-state index in [0.29, 0.717) is 5.41 Å². The highest BCUT2D eigenvalue weighted by Crippen LogP contribution is 2.40. The van der Waals surface area contributed by atoms with Crippen molar-refractivity contribution >= 4 is 15.9 Å². The molecule has 90 valence electrons. The van der Waals surface area contributed by atoms with Crippen LogP contribution in [0.3, 0.4) is 0 Å². The van der Waals surface area contributed by atoms with E-state index in [0.717, 1.165) is 0 Å². The Labute approximate surface area is 104 Å². The molecule has 0 aromatic heterocycles. The molecule has 0 atom stereocenters. The van der Waals surface area contributed by atoms with Gasteiger partial charge in [-0.3, -0.25) is 0 Å². The summed E-state index contributed by atoms with van der Waals surface area (Å²) in [4.78, 5) is 2.54. The first kappa shape index (κ1) is 13.5. The Kier molecular flexibility index (Phi) is 6.21. The highest BCUT2D eigenvalue weighted by Gasteiger charge is 2.33. The fourth-order valence-electron chi connectivity index (χ4n) is 2.74. The average molecular weight is 276 g/mol. The minimum absolute atomic E-state index is 0.598. The lowest BCUT2D eigenvalue weighted by Gasteiger charge is -2.32. The molecule has 0 amide bonds. The molecule has 2 heteroatoms. The van der Waals surface area contributed by atoms with Crippen LogP contribution in [0, 0.1) is 5.41 Å². The fourth-order valence-corrected chi connectivity index (χ4v) is 3.48. The normalized spacial score (nSPS) is 20.0. The Morgan fingerprint density at radius 2 is 1.87 bits per heavy atom. The van der Waals surface area contributed by atoms with Crippen molar-refractivity contribution < 1.29 is 0 Å². The van der Waals surface area contributed by atoms with Crippen LogP contribution in [0.4, 0.5) is 0 Å². The molecule has 1 nitrogen and oxygen atoms in total. The van der Waals surface area contributed by atoms with Gasteiger partial charge in [-0.25, -0.2) is 0 Å². The summed E-state index contributed by atoms with van der Waals surface area (Å²) in [5.74, 6) is 0. The van der Waals surface area contributed by atoms with Crippen molar-refractivity contribution in [1.82, 2.24) is 4.90 Å². The zero-order valence-corrected chi connectivity index (χ0v) is 12.0.